The summed E-state index contributed by atoms with van der Waals surface area (Å²) >= 11 is 0. The third-order valence-electron chi connectivity index (χ3n) is 2.88. The summed E-state index contributed by atoms with van der Waals surface area (Å²) in [6.07, 6.45) is 3.57. The molecule has 13 heavy (non-hydrogen) atoms. The molecule has 0 spiro atoms. The Morgan fingerprint density at radius 3 is 2.62 bits per heavy atom. The van der Waals surface area contributed by atoms with E-state index in [0.29, 0.717) is 12.3 Å². The Labute approximate surface area is 79.7 Å². The van der Waals surface area contributed by atoms with Crippen LogP contribution in [0.2, 0.25) is 0 Å². The molecule has 0 amide bonds. The summed E-state index contributed by atoms with van der Waals surface area (Å²) in [7, 11) is 0. The summed E-state index contributed by atoms with van der Waals surface area (Å²) in [6.45, 7) is 4.81. The first-order chi connectivity index (χ1) is 6.24. The van der Waals surface area contributed by atoms with Crippen molar-refractivity contribution in [1.82, 2.24) is 4.90 Å². The number of aldehydes is 1. The van der Waals surface area contributed by atoms with E-state index in [1.54, 1.807) is 0 Å². The van der Waals surface area contributed by atoms with Crippen LogP contribution in [0, 0.1) is 5.92 Å². The Hall–Kier alpha value is -0.410. The summed E-state index contributed by atoms with van der Waals surface area (Å²) in [4.78, 5) is 12.5. The van der Waals surface area contributed by atoms with Gasteiger partial charge in [0.2, 0.25) is 0 Å². The predicted molar refractivity (Wildman–Crippen MR) is 51.5 cm³/mol. The molecule has 0 aromatic carbocycles. The molecule has 1 unspecified atom stereocenters. The van der Waals surface area contributed by atoms with E-state index in [2.05, 4.69) is 4.90 Å². The maximum absolute atomic E-state index is 10.2. The van der Waals surface area contributed by atoms with Crippen molar-refractivity contribution in [3.63, 3.8) is 0 Å². The number of hydrogen-bond donors (Lipinski definition) is 1. The van der Waals surface area contributed by atoms with E-state index < -0.39 is 0 Å². The van der Waals surface area contributed by atoms with Crippen LogP contribution in [0.3, 0.4) is 0 Å². The Kier molecular flexibility index (Phi) is 4.39. The molecule has 0 aliphatic carbocycles. The molecule has 76 valence electrons. The first-order valence-corrected chi connectivity index (χ1v) is 5.08. The lowest BCUT2D eigenvalue weighted by atomic mass is 9.92. The third kappa shape index (κ3) is 3.44. The number of carbonyl (C=O) groups excluding carboxylic acids is 1. The van der Waals surface area contributed by atoms with Gasteiger partial charge in [0, 0.05) is 13.0 Å². The number of aliphatic hydroxyl groups excluding tert-OH is 1. The predicted octanol–water partition coefficient (Wildman–Crippen LogP) is 0.668. The smallest absolute Gasteiger partial charge is 0.121 e. The van der Waals surface area contributed by atoms with Crippen molar-refractivity contribution >= 4 is 6.29 Å². The number of aliphatic hydroxyl groups is 1. The largest absolute Gasteiger partial charge is 0.393 e. The summed E-state index contributed by atoms with van der Waals surface area (Å²) in [5.41, 5.74) is 0. The third-order valence-corrected chi connectivity index (χ3v) is 2.88. The van der Waals surface area contributed by atoms with Gasteiger partial charge in [-0.2, -0.15) is 0 Å². The molecule has 0 bridgehead atoms. The van der Waals surface area contributed by atoms with Crippen LogP contribution in [0.4, 0.5) is 0 Å². The molecule has 0 aromatic heterocycles. The molecule has 1 aliphatic heterocycles. The van der Waals surface area contributed by atoms with Gasteiger partial charge in [0.15, 0.2) is 0 Å². The standard InChI is InChI=1S/C10H19NO2/c1-9(13)10-3-6-11(7-4-10)5-2-8-12/h8-10,13H,2-7H2,1H3. The fraction of sp³-hybridized carbons (Fsp3) is 0.900. The van der Waals surface area contributed by atoms with Crippen LogP contribution >= 0.6 is 0 Å². The van der Waals surface area contributed by atoms with Crippen LogP contribution < -0.4 is 0 Å². The Bertz CT molecular complexity index is 151. The van der Waals surface area contributed by atoms with Gasteiger partial charge in [-0.25, -0.2) is 0 Å². The highest BCUT2D eigenvalue weighted by molar-refractivity contribution is 5.49. The Morgan fingerprint density at radius 1 is 1.54 bits per heavy atom. The average Bonchev–Trinajstić information content (AvgIpc) is 2.15. The van der Waals surface area contributed by atoms with Crippen molar-refractivity contribution < 1.29 is 9.90 Å². The van der Waals surface area contributed by atoms with E-state index in [1.807, 2.05) is 6.92 Å². The number of hydrogen-bond acceptors (Lipinski definition) is 3. The van der Waals surface area contributed by atoms with Crippen LogP contribution in [0.5, 0.6) is 0 Å². The van der Waals surface area contributed by atoms with Crippen molar-refractivity contribution in [3.05, 3.63) is 0 Å². The minimum absolute atomic E-state index is 0.173. The van der Waals surface area contributed by atoms with E-state index in [4.69, 9.17) is 0 Å². The molecule has 1 heterocycles. The van der Waals surface area contributed by atoms with E-state index in [1.165, 1.54) is 0 Å². The average molecular weight is 185 g/mol. The van der Waals surface area contributed by atoms with Gasteiger partial charge in [-0.3, -0.25) is 0 Å². The topological polar surface area (TPSA) is 40.5 Å². The summed E-state index contributed by atoms with van der Waals surface area (Å²) in [5, 5.41) is 9.36. The Balaban J connectivity index is 2.18. The van der Waals surface area contributed by atoms with Gasteiger partial charge in [0.25, 0.3) is 0 Å². The molecule has 0 saturated carbocycles. The van der Waals surface area contributed by atoms with E-state index >= 15 is 0 Å². The first kappa shape index (κ1) is 10.7. The zero-order chi connectivity index (χ0) is 9.68. The van der Waals surface area contributed by atoms with Gasteiger partial charge in [-0.05, 0) is 38.8 Å². The molecule has 1 fully saturated rings. The van der Waals surface area contributed by atoms with Gasteiger partial charge >= 0.3 is 0 Å². The van der Waals surface area contributed by atoms with Crippen LogP contribution in [-0.2, 0) is 4.79 Å². The van der Waals surface area contributed by atoms with Crippen molar-refractivity contribution in [1.29, 1.82) is 0 Å². The molecular weight excluding hydrogens is 166 g/mol. The molecule has 0 aromatic rings. The molecule has 1 saturated heterocycles. The molecule has 1 N–H and O–H groups in total. The number of likely N-dealkylation sites (tertiary alicyclic amines) is 1. The van der Waals surface area contributed by atoms with Crippen molar-refractivity contribution in [2.24, 2.45) is 5.92 Å². The monoisotopic (exact) mass is 185 g/mol. The van der Waals surface area contributed by atoms with Gasteiger partial charge < -0.3 is 14.8 Å². The molecule has 1 aliphatic rings. The van der Waals surface area contributed by atoms with E-state index in [-0.39, 0.29) is 6.10 Å². The maximum Gasteiger partial charge on any atom is 0.121 e. The number of nitrogens with zero attached hydrogens (tertiary/aromatic N) is 1. The highest BCUT2D eigenvalue weighted by Crippen LogP contribution is 2.20. The SMILES string of the molecule is CC(O)C1CCN(CCC=O)CC1. The van der Waals surface area contributed by atoms with Gasteiger partial charge in [0.1, 0.15) is 6.29 Å². The zero-order valence-electron chi connectivity index (χ0n) is 8.28. The summed E-state index contributed by atoms with van der Waals surface area (Å²) in [6, 6.07) is 0. The maximum atomic E-state index is 10.2. The fourth-order valence-electron chi connectivity index (χ4n) is 1.89. The van der Waals surface area contributed by atoms with Crippen molar-refractivity contribution in [3.8, 4) is 0 Å². The lowest BCUT2D eigenvalue weighted by Crippen LogP contribution is -2.37. The minimum atomic E-state index is -0.173. The highest BCUT2D eigenvalue weighted by Gasteiger charge is 2.21. The van der Waals surface area contributed by atoms with Crippen LogP contribution in [0.25, 0.3) is 0 Å². The lowest BCUT2D eigenvalue weighted by Gasteiger charge is -2.32. The quantitative estimate of drug-likeness (QED) is 0.654. The lowest BCUT2D eigenvalue weighted by molar-refractivity contribution is -0.108. The molecule has 0 radical (unpaired) electrons. The molecular formula is C10H19NO2. The normalized spacial score (nSPS) is 22.9. The number of rotatable bonds is 4. The zero-order valence-corrected chi connectivity index (χ0v) is 8.28. The molecule has 1 rings (SSSR count). The fourth-order valence-corrected chi connectivity index (χ4v) is 1.89. The second kappa shape index (κ2) is 5.35. The molecule has 3 nitrogen and oxygen atoms in total. The highest BCUT2D eigenvalue weighted by atomic mass is 16.3. The van der Waals surface area contributed by atoms with Crippen LogP contribution in [0.15, 0.2) is 0 Å². The molecule has 1 atom stereocenters. The van der Waals surface area contributed by atoms with Crippen LogP contribution in [-0.4, -0.2) is 42.0 Å². The number of carbonyl (C=O) groups is 1. The van der Waals surface area contributed by atoms with Crippen molar-refractivity contribution in [2.75, 3.05) is 19.6 Å². The van der Waals surface area contributed by atoms with Crippen molar-refractivity contribution in [2.45, 2.75) is 32.3 Å². The summed E-state index contributed by atoms with van der Waals surface area (Å²) < 4.78 is 0. The van der Waals surface area contributed by atoms with E-state index in [0.717, 1.165) is 38.8 Å². The second-order valence-electron chi connectivity index (χ2n) is 3.88. The van der Waals surface area contributed by atoms with E-state index in [9.17, 15) is 9.90 Å². The minimum Gasteiger partial charge on any atom is -0.393 e. The summed E-state index contributed by atoms with van der Waals surface area (Å²) in [5.74, 6) is 0.465. The van der Waals surface area contributed by atoms with Gasteiger partial charge in [0.05, 0.1) is 6.10 Å². The first-order valence-electron chi connectivity index (χ1n) is 5.08. The number of piperidine rings is 1. The Morgan fingerprint density at radius 2 is 2.15 bits per heavy atom. The second-order valence-corrected chi connectivity index (χ2v) is 3.88. The van der Waals surface area contributed by atoms with Gasteiger partial charge in [-0.1, -0.05) is 0 Å². The van der Waals surface area contributed by atoms with Gasteiger partial charge in [-0.15, -0.1) is 0 Å². The molecule has 3 heteroatoms. The van der Waals surface area contributed by atoms with Crippen LogP contribution in [0.1, 0.15) is 26.2 Å².